The molecule has 3 rings (SSSR count). The van der Waals surface area contributed by atoms with Gasteiger partial charge in [0.1, 0.15) is 0 Å². The van der Waals surface area contributed by atoms with Crippen LogP contribution in [-0.4, -0.2) is 37.0 Å². The highest BCUT2D eigenvalue weighted by Gasteiger charge is 2.36. The summed E-state index contributed by atoms with van der Waals surface area (Å²) in [6.45, 7) is 6.66. The van der Waals surface area contributed by atoms with Gasteiger partial charge in [-0.3, -0.25) is 4.79 Å². The molecule has 2 heterocycles. The molecule has 2 aliphatic heterocycles. The highest BCUT2D eigenvalue weighted by Crippen LogP contribution is 2.36. The molecule has 0 spiro atoms. The van der Waals surface area contributed by atoms with Crippen LogP contribution in [0.15, 0.2) is 0 Å². The number of amides is 1. The summed E-state index contributed by atoms with van der Waals surface area (Å²) in [7, 11) is 0. The fourth-order valence-electron chi connectivity index (χ4n) is 4.55. The normalized spacial score (nSPS) is 35.6. The zero-order valence-electron chi connectivity index (χ0n) is 12.9. The lowest BCUT2D eigenvalue weighted by molar-refractivity contribution is -0.131. The lowest BCUT2D eigenvalue weighted by Crippen LogP contribution is -2.36. The first-order valence-corrected chi connectivity index (χ1v) is 8.72. The van der Waals surface area contributed by atoms with E-state index in [0.29, 0.717) is 17.7 Å². The van der Waals surface area contributed by atoms with Crippen molar-refractivity contribution in [2.75, 3.05) is 26.2 Å². The Morgan fingerprint density at radius 3 is 2.45 bits per heavy atom. The Kier molecular flexibility index (Phi) is 4.65. The molecule has 3 heteroatoms. The number of carbonyl (C=O) groups excluding carboxylic acids is 1. The van der Waals surface area contributed by atoms with E-state index < -0.39 is 0 Å². The van der Waals surface area contributed by atoms with Crippen LogP contribution in [0.2, 0.25) is 0 Å². The van der Waals surface area contributed by atoms with Gasteiger partial charge >= 0.3 is 0 Å². The molecular weight excluding hydrogens is 248 g/mol. The minimum absolute atomic E-state index is 0.428. The van der Waals surface area contributed by atoms with Crippen molar-refractivity contribution in [3.05, 3.63) is 0 Å². The second-order valence-electron chi connectivity index (χ2n) is 7.39. The zero-order chi connectivity index (χ0) is 13.9. The summed E-state index contributed by atoms with van der Waals surface area (Å²) in [6.07, 6.45) is 8.82. The summed E-state index contributed by atoms with van der Waals surface area (Å²) < 4.78 is 0. The van der Waals surface area contributed by atoms with Crippen molar-refractivity contribution >= 4 is 5.91 Å². The number of fused-ring (bicyclic) bond motifs is 1. The average molecular weight is 278 g/mol. The van der Waals surface area contributed by atoms with Gasteiger partial charge in [0.25, 0.3) is 0 Å². The minimum atomic E-state index is 0.428. The predicted octanol–water partition coefficient (Wildman–Crippen LogP) is 2.66. The fourth-order valence-corrected chi connectivity index (χ4v) is 4.55. The number of likely N-dealkylation sites (tertiary alicyclic amines) is 1. The molecule has 1 N–H and O–H groups in total. The molecule has 0 radical (unpaired) electrons. The molecule has 0 aromatic heterocycles. The van der Waals surface area contributed by atoms with Gasteiger partial charge in [0.05, 0.1) is 0 Å². The summed E-state index contributed by atoms with van der Waals surface area (Å²) in [5, 5.41) is 3.47. The van der Waals surface area contributed by atoms with Crippen LogP contribution in [0.4, 0.5) is 0 Å². The van der Waals surface area contributed by atoms with Crippen molar-refractivity contribution < 1.29 is 4.79 Å². The van der Waals surface area contributed by atoms with Gasteiger partial charge in [-0.1, -0.05) is 19.8 Å². The van der Waals surface area contributed by atoms with Gasteiger partial charge < -0.3 is 10.2 Å². The van der Waals surface area contributed by atoms with Crippen LogP contribution in [-0.2, 0) is 4.79 Å². The third-order valence-corrected chi connectivity index (χ3v) is 5.97. The Hall–Kier alpha value is -0.570. The SMILES string of the molecule is CC(CC(=O)N1CC2CCCCC2C1)C1CCCNC1. The molecule has 3 aliphatic rings. The second kappa shape index (κ2) is 6.46. The van der Waals surface area contributed by atoms with E-state index in [4.69, 9.17) is 0 Å². The van der Waals surface area contributed by atoms with Gasteiger partial charge in [-0.2, -0.15) is 0 Å². The quantitative estimate of drug-likeness (QED) is 0.861. The Bertz CT molecular complexity index is 324. The Morgan fingerprint density at radius 1 is 1.15 bits per heavy atom. The molecule has 0 bridgehead atoms. The molecule has 1 amide bonds. The van der Waals surface area contributed by atoms with Crippen LogP contribution in [0.1, 0.15) is 51.9 Å². The van der Waals surface area contributed by atoms with Crippen LogP contribution in [0.3, 0.4) is 0 Å². The van der Waals surface area contributed by atoms with E-state index in [2.05, 4.69) is 17.1 Å². The van der Waals surface area contributed by atoms with Gasteiger partial charge in [-0.15, -0.1) is 0 Å². The summed E-state index contributed by atoms with van der Waals surface area (Å²) in [6, 6.07) is 0. The summed E-state index contributed by atoms with van der Waals surface area (Å²) in [5.74, 6) is 3.31. The number of nitrogens with zero attached hydrogens (tertiary/aromatic N) is 1. The van der Waals surface area contributed by atoms with E-state index in [0.717, 1.165) is 44.4 Å². The summed E-state index contributed by atoms with van der Waals surface area (Å²) in [4.78, 5) is 14.7. The Morgan fingerprint density at radius 2 is 1.85 bits per heavy atom. The standard InChI is InChI=1S/C17H30N2O/c1-13(14-7-4-8-18-10-14)9-17(20)19-11-15-5-2-3-6-16(15)12-19/h13-16,18H,2-12H2,1H3. The first-order chi connectivity index (χ1) is 9.74. The topological polar surface area (TPSA) is 32.3 Å². The van der Waals surface area contributed by atoms with E-state index in [-0.39, 0.29) is 0 Å². The largest absolute Gasteiger partial charge is 0.342 e. The van der Waals surface area contributed by atoms with Crippen LogP contribution < -0.4 is 5.32 Å². The lowest BCUT2D eigenvalue weighted by atomic mass is 9.82. The molecule has 0 aromatic carbocycles. The summed E-state index contributed by atoms with van der Waals surface area (Å²) >= 11 is 0. The number of nitrogens with one attached hydrogen (secondary N) is 1. The van der Waals surface area contributed by atoms with Crippen molar-refractivity contribution in [2.45, 2.75) is 51.9 Å². The number of hydrogen-bond acceptors (Lipinski definition) is 2. The van der Waals surface area contributed by atoms with Crippen LogP contribution in [0.5, 0.6) is 0 Å². The van der Waals surface area contributed by atoms with Gasteiger partial charge in [0.15, 0.2) is 0 Å². The van der Waals surface area contributed by atoms with E-state index in [1.807, 2.05) is 0 Å². The van der Waals surface area contributed by atoms with Gasteiger partial charge in [-0.25, -0.2) is 0 Å². The molecule has 4 atom stereocenters. The van der Waals surface area contributed by atoms with E-state index in [9.17, 15) is 4.79 Å². The van der Waals surface area contributed by atoms with Crippen LogP contribution in [0.25, 0.3) is 0 Å². The van der Waals surface area contributed by atoms with Crippen molar-refractivity contribution in [3.63, 3.8) is 0 Å². The number of carbonyl (C=O) groups is 1. The predicted molar refractivity (Wildman–Crippen MR) is 81.4 cm³/mol. The molecule has 1 aliphatic carbocycles. The zero-order valence-corrected chi connectivity index (χ0v) is 12.9. The first kappa shape index (κ1) is 14.4. The monoisotopic (exact) mass is 278 g/mol. The smallest absolute Gasteiger partial charge is 0.222 e. The Balaban J connectivity index is 1.49. The molecule has 2 saturated heterocycles. The van der Waals surface area contributed by atoms with E-state index in [1.54, 1.807) is 0 Å². The first-order valence-electron chi connectivity index (χ1n) is 8.72. The second-order valence-corrected chi connectivity index (χ2v) is 7.39. The summed E-state index contributed by atoms with van der Waals surface area (Å²) in [5.41, 5.74) is 0. The molecule has 3 fully saturated rings. The molecule has 1 saturated carbocycles. The van der Waals surface area contributed by atoms with Gasteiger partial charge in [0.2, 0.25) is 5.91 Å². The maximum absolute atomic E-state index is 12.5. The van der Waals surface area contributed by atoms with E-state index in [1.165, 1.54) is 38.5 Å². The van der Waals surface area contributed by atoms with Crippen molar-refractivity contribution in [1.29, 1.82) is 0 Å². The fraction of sp³-hybridized carbons (Fsp3) is 0.941. The maximum Gasteiger partial charge on any atom is 0.222 e. The van der Waals surface area contributed by atoms with Crippen LogP contribution in [0, 0.1) is 23.7 Å². The Labute approximate surface area is 123 Å². The minimum Gasteiger partial charge on any atom is -0.342 e. The molecule has 4 unspecified atom stereocenters. The lowest BCUT2D eigenvalue weighted by Gasteiger charge is -2.29. The number of rotatable bonds is 3. The number of piperidine rings is 1. The van der Waals surface area contributed by atoms with Crippen molar-refractivity contribution in [2.24, 2.45) is 23.7 Å². The highest BCUT2D eigenvalue weighted by molar-refractivity contribution is 5.76. The third-order valence-electron chi connectivity index (χ3n) is 5.97. The van der Waals surface area contributed by atoms with Crippen molar-refractivity contribution in [3.8, 4) is 0 Å². The average Bonchev–Trinajstić information content (AvgIpc) is 2.92. The molecule has 3 nitrogen and oxygen atoms in total. The molecule has 20 heavy (non-hydrogen) atoms. The van der Waals surface area contributed by atoms with Gasteiger partial charge in [0, 0.05) is 19.5 Å². The molecule has 0 aromatic rings. The van der Waals surface area contributed by atoms with Crippen LogP contribution >= 0.6 is 0 Å². The highest BCUT2D eigenvalue weighted by atomic mass is 16.2. The van der Waals surface area contributed by atoms with Gasteiger partial charge in [-0.05, 0) is 62.4 Å². The van der Waals surface area contributed by atoms with E-state index >= 15 is 0 Å². The molecule has 114 valence electrons. The molecular formula is C17H30N2O. The van der Waals surface area contributed by atoms with Crippen molar-refractivity contribution in [1.82, 2.24) is 10.2 Å². The maximum atomic E-state index is 12.5. The number of hydrogen-bond donors (Lipinski definition) is 1. The third kappa shape index (κ3) is 3.19.